The summed E-state index contributed by atoms with van der Waals surface area (Å²) in [5.74, 6) is 0.176. The largest absolute Gasteiger partial charge is 0.416 e. The van der Waals surface area contributed by atoms with Crippen LogP contribution in [0.2, 0.25) is 0 Å². The highest BCUT2D eigenvalue weighted by Gasteiger charge is 2.31. The molecule has 1 fully saturated rings. The van der Waals surface area contributed by atoms with Crippen LogP contribution < -0.4 is 25.8 Å². The molecule has 1 aromatic heterocycles. The number of hydrogen-bond donors (Lipinski definition) is 3. The Balaban J connectivity index is 1.24. The van der Waals surface area contributed by atoms with Crippen molar-refractivity contribution in [2.24, 2.45) is 0 Å². The van der Waals surface area contributed by atoms with Crippen molar-refractivity contribution in [2.75, 3.05) is 65.5 Å². The third kappa shape index (κ3) is 7.91. The first-order valence-corrected chi connectivity index (χ1v) is 14.8. The van der Waals surface area contributed by atoms with E-state index in [-0.39, 0.29) is 5.56 Å². The number of nitrogens with zero attached hydrogens (tertiary/aromatic N) is 5. The summed E-state index contributed by atoms with van der Waals surface area (Å²) >= 11 is 0. The quantitative estimate of drug-likeness (QED) is 0.201. The maximum absolute atomic E-state index is 13.4. The lowest BCUT2D eigenvalue weighted by Crippen LogP contribution is -2.44. The molecule has 0 bridgehead atoms. The van der Waals surface area contributed by atoms with Gasteiger partial charge in [0.05, 0.1) is 5.56 Å². The van der Waals surface area contributed by atoms with Crippen molar-refractivity contribution in [1.29, 1.82) is 0 Å². The molecule has 0 atom stereocenters. The molecule has 2 heterocycles. The van der Waals surface area contributed by atoms with E-state index in [1.54, 1.807) is 31.2 Å². The number of nitrogens with one attached hydrogen (secondary N) is 3. The number of rotatable bonds is 8. The summed E-state index contributed by atoms with van der Waals surface area (Å²) in [4.78, 5) is 40.8. The minimum Gasteiger partial charge on any atom is -0.369 e. The van der Waals surface area contributed by atoms with E-state index >= 15 is 0 Å². The van der Waals surface area contributed by atoms with Gasteiger partial charge in [0.2, 0.25) is 0 Å². The zero-order valence-corrected chi connectivity index (χ0v) is 25.7. The van der Waals surface area contributed by atoms with E-state index < -0.39 is 23.7 Å². The SMILES string of the molecule is CCN(C(=O)Nc1cc(NC(=O)c2cccc(C(F)(F)F)c2)ccc1C)c1cc(Nc2ccc(N3CCN(C)CC3)cc2)ncn1. The molecule has 46 heavy (non-hydrogen) atoms. The van der Waals surface area contributed by atoms with E-state index in [2.05, 4.69) is 54.9 Å². The fourth-order valence-electron chi connectivity index (χ4n) is 5.00. The standard InChI is InChI=1S/C33H35F3N8O2/c1-4-44(30-20-29(37-21-38-30)39-25-10-12-27(13-11-25)43-16-14-42(3)15-17-43)32(46)41-28-19-26(9-8-22(28)2)40-31(45)23-6-5-7-24(18-23)33(34,35)36/h5-13,18-21H,4,14-17H2,1-3H3,(H,40,45)(H,41,46)(H,37,38,39). The lowest BCUT2D eigenvalue weighted by Gasteiger charge is -2.34. The number of benzene rings is 3. The predicted octanol–water partition coefficient (Wildman–Crippen LogP) is 6.61. The van der Waals surface area contributed by atoms with Crippen molar-refractivity contribution in [1.82, 2.24) is 14.9 Å². The number of piperazine rings is 1. The van der Waals surface area contributed by atoms with E-state index in [4.69, 9.17) is 0 Å². The highest BCUT2D eigenvalue weighted by atomic mass is 19.4. The molecule has 5 rings (SSSR count). The molecule has 13 heteroatoms. The fourth-order valence-corrected chi connectivity index (χ4v) is 5.00. The van der Waals surface area contributed by atoms with Crippen LogP contribution in [-0.2, 0) is 6.18 Å². The number of aryl methyl sites for hydroxylation is 1. The number of likely N-dealkylation sites (N-methyl/N-ethyl adjacent to an activating group) is 1. The van der Waals surface area contributed by atoms with Crippen molar-refractivity contribution in [3.8, 4) is 0 Å². The average Bonchev–Trinajstić information content (AvgIpc) is 3.04. The van der Waals surface area contributed by atoms with E-state index in [9.17, 15) is 22.8 Å². The number of amides is 3. The smallest absolute Gasteiger partial charge is 0.369 e. The van der Waals surface area contributed by atoms with Crippen LogP contribution in [0.25, 0.3) is 0 Å². The van der Waals surface area contributed by atoms with Crippen molar-refractivity contribution < 1.29 is 22.8 Å². The summed E-state index contributed by atoms with van der Waals surface area (Å²) in [6, 6.07) is 18.3. The predicted molar refractivity (Wildman–Crippen MR) is 174 cm³/mol. The Bertz CT molecular complexity index is 1690. The highest BCUT2D eigenvalue weighted by Crippen LogP contribution is 2.30. The summed E-state index contributed by atoms with van der Waals surface area (Å²) in [7, 11) is 2.13. The van der Waals surface area contributed by atoms with E-state index in [0.717, 1.165) is 49.7 Å². The summed E-state index contributed by atoms with van der Waals surface area (Å²) in [6.07, 6.45) is -3.19. The Morgan fingerprint density at radius 1 is 0.891 bits per heavy atom. The van der Waals surface area contributed by atoms with Crippen LogP contribution in [0.5, 0.6) is 0 Å². The van der Waals surface area contributed by atoms with Gasteiger partial charge in [0.25, 0.3) is 5.91 Å². The molecular weight excluding hydrogens is 597 g/mol. The molecule has 3 amide bonds. The average molecular weight is 633 g/mol. The van der Waals surface area contributed by atoms with Crippen LogP contribution in [0, 0.1) is 6.92 Å². The van der Waals surface area contributed by atoms with Gasteiger partial charge in [0.1, 0.15) is 18.0 Å². The number of carbonyl (C=O) groups is 2. The lowest BCUT2D eigenvalue weighted by molar-refractivity contribution is -0.137. The maximum Gasteiger partial charge on any atom is 0.416 e. The third-order valence-corrected chi connectivity index (χ3v) is 7.69. The number of urea groups is 1. The number of carbonyl (C=O) groups excluding carboxylic acids is 2. The molecule has 1 saturated heterocycles. The molecule has 0 aliphatic carbocycles. The lowest BCUT2D eigenvalue weighted by atomic mass is 10.1. The number of halogens is 3. The van der Waals surface area contributed by atoms with Crippen LogP contribution in [0.3, 0.4) is 0 Å². The Kier molecular flexibility index (Phi) is 9.71. The van der Waals surface area contributed by atoms with Crippen molar-refractivity contribution in [2.45, 2.75) is 20.0 Å². The fraction of sp³-hybridized carbons (Fsp3) is 0.273. The second kappa shape index (κ2) is 13.9. The molecule has 240 valence electrons. The number of hydrogen-bond acceptors (Lipinski definition) is 7. The van der Waals surface area contributed by atoms with E-state index in [1.165, 1.54) is 23.4 Å². The zero-order valence-electron chi connectivity index (χ0n) is 25.7. The second-order valence-electron chi connectivity index (χ2n) is 11.0. The van der Waals surface area contributed by atoms with E-state index in [0.29, 0.717) is 35.1 Å². The Morgan fingerprint density at radius 2 is 1.61 bits per heavy atom. The van der Waals surface area contributed by atoms with Gasteiger partial charge in [-0.1, -0.05) is 12.1 Å². The molecule has 1 aliphatic rings. The summed E-state index contributed by atoms with van der Waals surface area (Å²) in [6.45, 7) is 7.90. The van der Waals surface area contributed by atoms with Gasteiger partial charge in [-0.2, -0.15) is 13.2 Å². The van der Waals surface area contributed by atoms with Gasteiger partial charge in [-0.25, -0.2) is 14.8 Å². The van der Waals surface area contributed by atoms with Crippen molar-refractivity contribution >= 4 is 46.3 Å². The van der Waals surface area contributed by atoms with Crippen LogP contribution >= 0.6 is 0 Å². The highest BCUT2D eigenvalue weighted by molar-refractivity contribution is 6.05. The zero-order chi connectivity index (χ0) is 32.8. The topological polar surface area (TPSA) is 106 Å². The Hall–Kier alpha value is -5.17. The Morgan fingerprint density at radius 3 is 2.30 bits per heavy atom. The number of anilines is 6. The summed E-state index contributed by atoms with van der Waals surface area (Å²) in [5, 5.41) is 8.72. The monoisotopic (exact) mass is 632 g/mol. The van der Waals surface area contributed by atoms with Gasteiger partial charge >= 0.3 is 12.2 Å². The minimum absolute atomic E-state index is 0.141. The summed E-state index contributed by atoms with van der Waals surface area (Å²) in [5.41, 5.74) is 2.37. The first-order chi connectivity index (χ1) is 22.0. The van der Waals surface area contributed by atoms with Gasteiger partial charge in [-0.15, -0.1) is 0 Å². The van der Waals surface area contributed by atoms with Gasteiger partial charge in [0, 0.05) is 67.1 Å². The molecule has 0 spiro atoms. The third-order valence-electron chi connectivity index (χ3n) is 7.69. The molecule has 4 aromatic rings. The first-order valence-electron chi connectivity index (χ1n) is 14.8. The molecule has 10 nitrogen and oxygen atoms in total. The second-order valence-corrected chi connectivity index (χ2v) is 11.0. The van der Waals surface area contributed by atoms with Crippen LogP contribution in [-0.4, -0.2) is 66.6 Å². The Labute approximate surface area is 265 Å². The van der Waals surface area contributed by atoms with Crippen LogP contribution in [0.15, 0.2) is 79.1 Å². The molecule has 0 saturated carbocycles. The van der Waals surface area contributed by atoms with Crippen LogP contribution in [0.1, 0.15) is 28.4 Å². The van der Waals surface area contributed by atoms with E-state index in [1.807, 2.05) is 19.1 Å². The molecular formula is C33H35F3N8O2. The van der Waals surface area contributed by atoms with Gasteiger partial charge in [-0.3, -0.25) is 9.69 Å². The van der Waals surface area contributed by atoms with Gasteiger partial charge in [-0.05, 0) is 81.1 Å². The normalized spacial score (nSPS) is 13.7. The van der Waals surface area contributed by atoms with Crippen molar-refractivity contribution in [3.63, 3.8) is 0 Å². The van der Waals surface area contributed by atoms with Crippen molar-refractivity contribution in [3.05, 3.63) is 95.8 Å². The van der Waals surface area contributed by atoms with Gasteiger partial charge < -0.3 is 25.8 Å². The number of alkyl halides is 3. The molecule has 3 aromatic carbocycles. The summed E-state index contributed by atoms with van der Waals surface area (Å²) < 4.78 is 39.3. The van der Waals surface area contributed by atoms with Crippen LogP contribution in [0.4, 0.5) is 52.4 Å². The molecule has 3 N–H and O–H groups in total. The first kappa shape index (κ1) is 32.2. The maximum atomic E-state index is 13.4. The molecule has 1 aliphatic heterocycles. The van der Waals surface area contributed by atoms with Gasteiger partial charge in [0.15, 0.2) is 0 Å². The number of aromatic nitrogens is 2. The molecule has 0 radical (unpaired) electrons. The minimum atomic E-state index is -4.57. The molecule has 0 unspecified atom stereocenters.